The number of carbonyl (C=O) groups is 1. The van der Waals surface area contributed by atoms with Crippen LogP contribution in [0.3, 0.4) is 0 Å². The van der Waals surface area contributed by atoms with E-state index in [2.05, 4.69) is 17.3 Å². The van der Waals surface area contributed by atoms with Crippen molar-refractivity contribution >= 4 is 17.3 Å². The summed E-state index contributed by atoms with van der Waals surface area (Å²) in [4.78, 5) is 16.9. The molecular formula is C17H27FN4O2+2. The number of likely N-dealkylation sites (N-methyl/N-ethyl adjacent to an activating group) is 1. The van der Waals surface area contributed by atoms with Crippen molar-refractivity contribution in [3.05, 3.63) is 24.0 Å². The molecule has 1 amide bonds. The molecule has 0 saturated carbocycles. The average Bonchev–Trinajstić information content (AvgIpc) is 2.57. The Morgan fingerprint density at radius 2 is 1.96 bits per heavy atom. The molecule has 0 unspecified atom stereocenters. The number of hydrogen-bond acceptors (Lipinski definition) is 3. The van der Waals surface area contributed by atoms with Crippen molar-refractivity contribution in [1.82, 2.24) is 0 Å². The largest absolute Gasteiger partial charge is 0.370 e. The highest BCUT2D eigenvalue weighted by Gasteiger charge is 2.21. The van der Waals surface area contributed by atoms with Crippen molar-refractivity contribution in [2.75, 3.05) is 76.3 Å². The van der Waals surface area contributed by atoms with Gasteiger partial charge >= 0.3 is 0 Å². The summed E-state index contributed by atoms with van der Waals surface area (Å²) in [5.74, 6) is -0.353. The summed E-state index contributed by atoms with van der Waals surface area (Å²) < 4.78 is 19.7. The van der Waals surface area contributed by atoms with Crippen LogP contribution >= 0.6 is 0 Å². The van der Waals surface area contributed by atoms with Crippen LogP contribution in [0, 0.1) is 5.82 Å². The molecule has 3 N–H and O–H groups in total. The molecule has 2 saturated heterocycles. The van der Waals surface area contributed by atoms with Crippen LogP contribution in [-0.2, 0) is 9.53 Å². The summed E-state index contributed by atoms with van der Waals surface area (Å²) in [5.41, 5.74) is 1.15. The minimum absolute atomic E-state index is 0.0813. The van der Waals surface area contributed by atoms with Gasteiger partial charge in [0.25, 0.3) is 5.91 Å². The molecule has 6 nitrogen and oxygen atoms in total. The molecule has 24 heavy (non-hydrogen) atoms. The Balaban J connectivity index is 1.56. The summed E-state index contributed by atoms with van der Waals surface area (Å²) in [6, 6.07) is 4.98. The highest BCUT2D eigenvalue weighted by Crippen LogP contribution is 2.22. The molecule has 2 aliphatic rings. The molecule has 0 bridgehead atoms. The number of carbonyl (C=O) groups excluding carboxylic acids is 1. The first kappa shape index (κ1) is 17.1. The van der Waals surface area contributed by atoms with Gasteiger partial charge in [-0.2, -0.15) is 0 Å². The minimum atomic E-state index is -0.272. The summed E-state index contributed by atoms with van der Waals surface area (Å²) in [7, 11) is 2.16. The molecule has 0 aromatic heterocycles. The molecule has 132 valence electrons. The number of benzene rings is 1. The third-order valence-electron chi connectivity index (χ3n) is 4.80. The Labute approximate surface area is 142 Å². The van der Waals surface area contributed by atoms with E-state index in [9.17, 15) is 9.18 Å². The second kappa shape index (κ2) is 7.92. The van der Waals surface area contributed by atoms with Crippen molar-refractivity contribution < 1.29 is 23.7 Å². The molecule has 0 aliphatic carbocycles. The van der Waals surface area contributed by atoms with Gasteiger partial charge < -0.3 is 24.8 Å². The monoisotopic (exact) mass is 338 g/mol. The fourth-order valence-electron chi connectivity index (χ4n) is 3.24. The van der Waals surface area contributed by atoms with Crippen LogP contribution in [0.15, 0.2) is 18.2 Å². The summed E-state index contributed by atoms with van der Waals surface area (Å²) in [6.07, 6.45) is 0. The van der Waals surface area contributed by atoms with Crippen LogP contribution < -0.4 is 20.0 Å². The predicted molar refractivity (Wildman–Crippen MR) is 90.2 cm³/mol. The Morgan fingerprint density at radius 1 is 1.25 bits per heavy atom. The number of morpholine rings is 1. The van der Waals surface area contributed by atoms with Gasteiger partial charge in [-0.15, -0.1) is 0 Å². The number of hydrogen-bond donors (Lipinski definition) is 3. The van der Waals surface area contributed by atoms with Crippen LogP contribution in [-0.4, -0.2) is 72.0 Å². The quantitative estimate of drug-likeness (QED) is 0.596. The number of quaternary nitrogens is 2. The molecule has 2 aliphatic heterocycles. The third-order valence-corrected chi connectivity index (χ3v) is 4.80. The van der Waals surface area contributed by atoms with Gasteiger partial charge in [0.1, 0.15) is 18.9 Å². The van der Waals surface area contributed by atoms with Gasteiger partial charge in [-0.3, -0.25) is 4.79 Å². The van der Waals surface area contributed by atoms with E-state index in [1.807, 2.05) is 0 Å². The SMILES string of the molecule is C[NH+]1CCN(c2ccc(NC(=O)C[NH+]3CCOCC3)cc2F)CC1. The van der Waals surface area contributed by atoms with Crippen molar-refractivity contribution in [3.8, 4) is 0 Å². The van der Waals surface area contributed by atoms with Crippen LogP contribution in [0.1, 0.15) is 0 Å². The standard InChI is InChI=1S/C17H25FN4O2/c1-20-4-6-22(7-5-20)16-3-2-14(12-15(16)18)19-17(23)13-21-8-10-24-11-9-21/h2-3,12H,4-11,13H2,1H3,(H,19,23)/p+2. The number of nitrogens with one attached hydrogen (secondary N) is 3. The van der Waals surface area contributed by atoms with Crippen molar-refractivity contribution in [2.45, 2.75) is 0 Å². The van der Waals surface area contributed by atoms with Crippen molar-refractivity contribution in [3.63, 3.8) is 0 Å². The molecule has 1 aromatic rings. The first-order valence-electron chi connectivity index (χ1n) is 8.69. The topological polar surface area (TPSA) is 50.5 Å². The van der Waals surface area contributed by atoms with Gasteiger partial charge in [0.15, 0.2) is 6.54 Å². The normalized spacial score (nSPS) is 20.2. The van der Waals surface area contributed by atoms with E-state index in [1.54, 1.807) is 12.1 Å². The summed E-state index contributed by atoms with van der Waals surface area (Å²) in [6.45, 7) is 7.20. The fourth-order valence-corrected chi connectivity index (χ4v) is 3.24. The highest BCUT2D eigenvalue weighted by molar-refractivity contribution is 5.91. The Kier molecular flexibility index (Phi) is 5.65. The number of rotatable bonds is 4. The number of amides is 1. The Hall–Kier alpha value is -1.70. The zero-order valence-electron chi connectivity index (χ0n) is 14.2. The van der Waals surface area contributed by atoms with Crippen LogP contribution in [0.25, 0.3) is 0 Å². The lowest BCUT2D eigenvalue weighted by Gasteiger charge is -2.32. The van der Waals surface area contributed by atoms with Gasteiger partial charge in [0.2, 0.25) is 0 Å². The van der Waals surface area contributed by atoms with Crippen molar-refractivity contribution in [2.24, 2.45) is 0 Å². The first-order chi connectivity index (χ1) is 11.6. The lowest BCUT2D eigenvalue weighted by Crippen LogP contribution is -3.15. The van der Waals surface area contributed by atoms with Gasteiger partial charge in [0, 0.05) is 5.69 Å². The maximum Gasteiger partial charge on any atom is 0.279 e. The number of anilines is 2. The van der Waals surface area contributed by atoms with E-state index in [0.717, 1.165) is 39.3 Å². The average molecular weight is 338 g/mol. The molecule has 0 atom stereocenters. The number of halogens is 1. The van der Waals surface area contributed by atoms with E-state index < -0.39 is 0 Å². The number of ether oxygens (including phenoxy) is 1. The van der Waals surface area contributed by atoms with Crippen LogP contribution in [0.5, 0.6) is 0 Å². The number of piperazine rings is 1. The van der Waals surface area contributed by atoms with Gasteiger partial charge in [0.05, 0.1) is 52.1 Å². The lowest BCUT2D eigenvalue weighted by atomic mass is 10.2. The summed E-state index contributed by atoms with van der Waals surface area (Å²) in [5, 5.41) is 2.80. The zero-order chi connectivity index (χ0) is 16.9. The maximum atomic E-state index is 14.4. The molecule has 3 rings (SSSR count). The van der Waals surface area contributed by atoms with Gasteiger partial charge in [-0.25, -0.2) is 4.39 Å². The maximum absolute atomic E-state index is 14.4. The summed E-state index contributed by atoms with van der Waals surface area (Å²) >= 11 is 0. The molecule has 0 spiro atoms. The van der Waals surface area contributed by atoms with Crippen LogP contribution in [0.4, 0.5) is 15.8 Å². The molecule has 7 heteroatoms. The highest BCUT2D eigenvalue weighted by atomic mass is 19.1. The second-order valence-corrected chi connectivity index (χ2v) is 6.70. The third kappa shape index (κ3) is 4.43. The minimum Gasteiger partial charge on any atom is -0.370 e. The molecule has 0 radical (unpaired) electrons. The second-order valence-electron chi connectivity index (χ2n) is 6.70. The Morgan fingerprint density at radius 3 is 2.62 bits per heavy atom. The smallest absolute Gasteiger partial charge is 0.279 e. The first-order valence-corrected chi connectivity index (χ1v) is 8.69. The van der Waals surface area contributed by atoms with E-state index in [4.69, 9.17) is 4.74 Å². The van der Waals surface area contributed by atoms with Crippen LogP contribution in [0.2, 0.25) is 0 Å². The molecule has 2 heterocycles. The van der Waals surface area contributed by atoms with E-state index >= 15 is 0 Å². The molecular weight excluding hydrogens is 311 g/mol. The Bertz CT molecular complexity index is 570. The lowest BCUT2D eigenvalue weighted by molar-refractivity contribution is -0.899. The van der Waals surface area contributed by atoms with E-state index in [-0.39, 0.29) is 11.7 Å². The zero-order valence-corrected chi connectivity index (χ0v) is 14.2. The van der Waals surface area contributed by atoms with Crippen molar-refractivity contribution in [1.29, 1.82) is 0 Å². The molecule has 1 aromatic carbocycles. The molecule has 2 fully saturated rings. The predicted octanol–water partition coefficient (Wildman–Crippen LogP) is -1.99. The van der Waals surface area contributed by atoms with Gasteiger partial charge in [-0.05, 0) is 18.2 Å². The fraction of sp³-hybridized carbons (Fsp3) is 0.588. The van der Waals surface area contributed by atoms with Gasteiger partial charge in [-0.1, -0.05) is 0 Å². The number of nitrogens with zero attached hydrogens (tertiary/aromatic N) is 1. The van der Waals surface area contributed by atoms with E-state index in [1.165, 1.54) is 15.9 Å². The van der Waals surface area contributed by atoms with E-state index in [0.29, 0.717) is 31.1 Å².